The lowest BCUT2D eigenvalue weighted by Crippen LogP contribution is -2.46. The van der Waals surface area contributed by atoms with Crippen LogP contribution in [-0.2, 0) is 4.79 Å². The summed E-state index contributed by atoms with van der Waals surface area (Å²) in [6, 6.07) is 0.322. The average molecular weight is 505 g/mol. The summed E-state index contributed by atoms with van der Waals surface area (Å²) in [4.78, 5) is 22.0. The number of nitrogens with zero attached hydrogens (tertiary/aromatic N) is 3. The minimum absolute atomic E-state index is 0. The Kier molecular flexibility index (Phi) is 10.3. The Morgan fingerprint density at radius 3 is 2.57 bits per heavy atom. The SMILES string of the molecule is CCNC(=NCCN1CCCC(C)C1)NC1CCN(C(=O)C2CCCC2)C1.I. The number of hydrogen-bond donors (Lipinski definition) is 2. The van der Waals surface area contributed by atoms with Gasteiger partial charge in [0, 0.05) is 44.7 Å². The summed E-state index contributed by atoms with van der Waals surface area (Å²) in [6.45, 7) is 11.3. The molecule has 6 nitrogen and oxygen atoms in total. The number of hydrogen-bond acceptors (Lipinski definition) is 3. The van der Waals surface area contributed by atoms with Crippen LogP contribution in [0.15, 0.2) is 4.99 Å². The fourth-order valence-electron chi connectivity index (χ4n) is 4.82. The smallest absolute Gasteiger partial charge is 0.225 e. The average Bonchev–Trinajstić information content (AvgIpc) is 3.33. The van der Waals surface area contributed by atoms with Crippen LogP contribution in [0.4, 0.5) is 0 Å². The van der Waals surface area contributed by atoms with Gasteiger partial charge < -0.3 is 20.4 Å². The van der Waals surface area contributed by atoms with Gasteiger partial charge in [0.25, 0.3) is 0 Å². The van der Waals surface area contributed by atoms with Crippen LogP contribution in [0.5, 0.6) is 0 Å². The van der Waals surface area contributed by atoms with Gasteiger partial charge in [-0.05, 0) is 51.5 Å². The van der Waals surface area contributed by atoms with E-state index in [0.717, 1.165) is 63.9 Å². The molecule has 0 spiro atoms. The third-order valence-electron chi connectivity index (χ3n) is 6.32. The van der Waals surface area contributed by atoms with E-state index >= 15 is 0 Å². The molecule has 3 aliphatic rings. The third-order valence-corrected chi connectivity index (χ3v) is 6.32. The van der Waals surface area contributed by atoms with Gasteiger partial charge in [0.1, 0.15) is 0 Å². The molecule has 0 bridgehead atoms. The van der Waals surface area contributed by atoms with Crippen LogP contribution >= 0.6 is 24.0 Å². The number of carbonyl (C=O) groups is 1. The zero-order chi connectivity index (χ0) is 19.1. The largest absolute Gasteiger partial charge is 0.357 e. The molecular weight excluding hydrogens is 465 g/mol. The van der Waals surface area contributed by atoms with Gasteiger partial charge >= 0.3 is 0 Å². The second kappa shape index (κ2) is 12.2. The van der Waals surface area contributed by atoms with Crippen molar-refractivity contribution in [2.24, 2.45) is 16.8 Å². The molecule has 7 heteroatoms. The van der Waals surface area contributed by atoms with E-state index in [9.17, 15) is 4.79 Å². The first-order valence-corrected chi connectivity index (χ1v) is 11.2. The van der Waals surface area contributed by atoms with Crippen LogP contribution in [0.25, 0.3) is 0 Å². The van der Waals surface area contributed by atoms with Crippen LogP contribution in [0.3, 0.4) is 0 Å². The number of amides is 1. The zero-order valence-electron chi connectivity index (χ0n) is 17.8. The molecule has 1 aliphatic carbocycles. The summed E-state index contributed by atoms with van der Waals surface area (Å²) in [7, 11) is 0. The summed E-state index contributed by atoms with van der Waals surface area (Å²) in [5.74, 6) is 2.40. The van der Waals surface area contributed by atoms with E-state index in [2.05, 4.69) is 34.3 Å². The Hall–Kier alpha value is -0.570. The summed E-state index contributed by atoms with van der Waals surface area (Å²) in [5, 5.41) is 6.94. The number of carbonyl (C=O) groups excluding carboxylic acids is 1. The van der Waals surface area contributed by atoms with Crippen molar-refractivity contribution in [1.82, 2.24) is 20.4 Å². The first kappa shape index (κ1) is 23.7. The highest BCUT2D eigenvalue weighted by Gasteiger charge is 2.32. The first-order chi connectivity index (χ1) is 13.2. The molecule has 2 saturated heterocycles. The van der Waals surface area contributed by atoms with Crippen molar-refractivity contribution in [1.29, 1.82) is 0 Å². The van der Waals surface area contributed by atoms with E-state index < -0.39 is 0 Å². The number of rotatable bonds is 6. The monoisotopic (exact) mass is 505 g/mol. The first-order valence-electron chi connectivity index (χ1n) is 11.2. The molecule has 162 valence electrons. The number of likely N-dealkylation sites (tertiary alicyclic amines) is 2. The molecule has 0 aromatic rings. The maximum absolute atomic E-state index is 12.6. The second-order valence-electron chi connectivity index (χ2n) is 8.70. The molecule has 2 aliphatic heterocycles. The van der Waals surface area contributed by atoms with E-state index in [0.29, 0.717) is 11.9 Å². The van der Waals surface area contributed by atoms with E-state index in [-0.39, 0.29) is 29.9 Å². The van der Waals surface area contributed by atoms with Crippen molar-refractivity contribution in [3.8, 4) is 0 Å². The molecule has 28 heavy (non-hydrogen) atoms. The highest BCUT2D eigenvalue weighted by Crippen LogP contribution is 2.27. The molecule has 2 N–H and O–H groups in total. The lowest BCUT2D eigenvalue weighted by atomic mass is 10.0. The highest BCUT2D eigenvalue weighted by atomic mass is 127. The predicted molar refractivity (Wildman–Crippen MR) is 126 cm³/mol. The van der Waals surface area contributed by atoms with Gasteiger partial charge in [-0.15, -0.1) is 24.0 Å². The quantitative estimate of drug-likeness (QED) is 0.331. The van der Waals surface area contributed by atoms with Crippen LogP contribution < -0.4 is 10.6 Å². The number of piperidine rings is 1. The minimum Gasteiger partial charge on any atom is -0.357 e. The lowest BCUT2D eigenvalue weighted by molar-refractivity contribution is -0.134. The predicted octanol–water partition coefficient (Wildman–Crippen LogP) is 2.68. The van der Waals surface area contributed by atoms with Crippen LogP contribution in [-0.4, -0.2) is 73.5 Å². The molecule has 0 aromatic heterocycles. The van der Waals surface area contributed by atoms with E-state index in [1.165, 1.54) is 38.8 Å². The van der Waals surface area contributed by atoms with Crippen LogP contribution in [0.2, 0.25) is 0 Å². The van der Waals surface area contributed by atoms with Crippen molar-refractivity contribution in [2.75, 3.05) is 45.8 Å². The summed E-state index contributed by atoms with van der Waals surface area (Å²) in [5.41, 5.74) is 0. The molecule has 0 aromatic carbocycles. The summed E-state index contributed by atoms with van der Waals surface area (Å²) < 4.78 is 0. The Morgan fingerprint density at radius 1 is 1.07 bits per heavy atom. The fourth-order valence-corrected chi connectivity index (χ4v) is 4.82. The Bertz CT molecular complexity index is 509. The Morgan fingerprint density at radius 2 is 1.86 bits per heavy atom. The van der Waals surface area contributed by atoms with Gasteiger partial charge in [-0.2, -0.15) is 0 Å². The zero-order valence-corrected chi connectivity index (χ0v) is 20.1. The topological polar surface area (TPSA) is 60.0 Å². The van der Waals surface area contributed by atoms with E-state index in [1.54, 1.807) is 0 Å². The maximum Gasteiger partial charge on any atom is 0.225 e. The maximum atomic E-state index is 12.6. The van der Waals surface area contributed by atoms with Gasteiger partial charge in [-0.3, -0.25) is 9.79 Å². The fraction of sp³-hybridized carbons (Fsp3) is 0.905. The molecule has 2 heterocycles. The van der Waals surface area contributed by atoms with Crippen molar-refractivity contribution < 1.29 is 4.79 Å². The van der Waals surface area contributed by atoms with E-state index in [4.69, 9.17) is 4.99 Å². The Labute approximate surface area is 188 Å². The molecule has 3 fully saturated rings. The lowest BCUT2D eigenvalue weighted by Gasteiger charge is -2.30. The van der Waals surface area contributed by atoms with Crippen molar-refractivity contribution in [3.63, 3.8) is 0 Å². The molecule has 1 amide bonds. The van der Waals surface area contributed by atoms with Crippen LogP contribution in [0, 0.1) is 11.8 Å². The molecule has 0 radical (unpaired) electrons. The number of halogens is 1. The van der Waals surface area contributed by atoms with Crippen molar-refractivity contribution in [2.45, 2.75) is 64.8 Å². The highest BCUT2D eigenvalue weighted by molar-refractivity contribution is 14.0. The van der Waals surface area contributed by atoms with Gasteiger partial charge in [-0.25, -0.2) is 0 Å². The van der Waals surface area contributed by atoms with Gasteiger partial charge in [-0.1, -0.05) is 19.8 Å². The molecule has 2 atom stereocenters. The summed E-state index contributed by atoms with van der Waals surface area (Å²) >= 11 is 0. The molecule has 1 saturated carbocycles. The van der Waals surface area contributed by atoms with E-state index in [1.807, 2.05) is 0 Å². The number of aliphatic imine (C=N–C) groups is 1. The summed E-state index contributed by atoms with van der Waals surface area (Å²) in [6.07, 6.45) is 8.32. The molecule has 2 unspecified atom stereocenters. The van der Waals surface area contributed by atoms with Crippen molar-refractivity contribution >= 4 is 35.8 Å². The second-order valence-corrected chi connectivity index (χ2v) is 8.70. The van der Waals surface area contributed by atoms with Gasteiger partial charge in [0.15, 0.2) is 5.96 Å². The van der Waals surface area contributed by atoms with Gasteiger partial charge in [0.2, 0.25) is 5.91 Å². The molecule has 3 rings (SSSR count). The normalized spacial score (nSPS) is 26.9. The molecular formula is C21H40IN5O. The third kappa shape index (κ3) is 7.04. The standard InChI is InChI=1S/C21H39N5O.HI/c1-3-22-21(23-11-14-25-12-6-7-17(2)15-25)24-19-10-13-26(16-19)20(27)18-8-4-5-9-18;/h17-19H,3-16H2,1-2H3,(H2,22,23,24);1H. The minimum atomic E-state index is 0. The van der Waals surface area contributed by atoms with Crippen molar-refractivity contribution in [3.05, 3.63) is 0 Å². The number of guanidine groups is 1. The van der Waals surface area contributed by atoms with Gasteiger partial charge in [0.05, 0.1) is 6.54 Å². The Balaban J connectivity index is 0.00000280. The van der Waals surface area contributed by atoms with Crippen LogP contribution in [0.1, 0.15) is 58.8 Å². The number of nitrogens with one attached hydrogen (secondary N) is 2.